The molecule has 2 amide bonds. The molecule has 2 N–H and O–H groups in total. The zero-order valence-electron chi connectivity index (χ0n) is 13.0. The standard InChI is InChI=1S/C17H15F3N2O2/c1-10-7-8-12(9-11(10)2)15(23)21-13-5-3-4-6-14(13)22-16(24)17(18,19)20/h3-9H,1-2H3,(H,21,23)(H,22,24). The van der Waals surface area contributed by atoms with Crippen LogP contribution in [-0.2, 0) is 4.79 Å². The predicted octanol–water partition coefficient (Wildman–Crippen LogP) is 4.06. The van der Waals surface area contributed by atoms with E-state index in [1.54, 1.807) is 29.6 Å². The Kier molecular flexibility index (Phi) is 4.92. The van der Waals surface area contributed by atoms with E-state index in [2.05, 4.69) is 5.32 Å². The summed E-state index contributed by atoms with van der Waals surface area (Å²) in [4.78, 5) is 23.3. The van der Waals surface area contributed by atoms with Crippen molar-refractivity contribution < 1.29 is 22.8 Å². The second kappa shape index (κ2) is 6.74. The van der Waals surface area contributed by atoms with Gasteiger partial charge in [-0.25, -0.2) is 0 Å². The van der Waals surface area contributed by atoms with Crippen LogP contribution in [0.3, 0.4) is 0 Å². The molecule has 0 atom stereocenters. The molecule has 2 aromatic carbocycles. The molecule has 7 heteroatoms. The van der Waals surface area contributed by atoms with E-state index in [1.807, 2.05) is 13.8 Å². The van der Waals surface area contributed by atoms with Crippen molar-refractivity contribution >= 4 is 23.2 Å². The first-order valence-corrected chi connectivity index (χ1v) is 7.04. The first-order valence-electron chi connectivity index (χ1n) is 7.04. The highest BCUT2D eigenvalue weighted by Crippen LogP contribution is 2.25. The second-order valence-corrected chi connectivity index (χ2v) is 5.25. The highest BCUT2D eigenvalue weighted by molar-refractivity contribution is 6.07. The van der Waals surface area contributed by atoms with Crippen molar-refractivity contribution in [2.24, 2.45) is 0 Å². The largest absolute Gasteiger partial charge is 0.471 e. The van der Waals surface area contributed by atoms with E-state index in [-0.39, 0.29) is 11.4 Å². The van der Waals surface area contributed by atoms with Crippen LogP contribution in [0.15, 0.2) is 42.5 Å². The van der Waals surface area contributed by atoms with Gasteiger partial charge in [-0.3, -0.25) is 9.59 Å². The zero-order valence-corrected chi connectivity index (χ0v) is 13.0. The van der Waals surface area contributed by atoms with E-state index in [9.17, 15) is 22.8 Å². The molecule has 2 aromatic rings. The SMILES string of the molecule is Cc1ccc(C(=O)Nc2ccccc2NC(=O)C(F)(F)F)cc1C. The number of halogens is 3. The number of amides is 2. The maximum absolute atomic E-state index is 12.4. The molecule has 0 aliphatic rings. The van der Waals surface area contributed by atoms with E-state index in [4.69, 9.17) is 0 Å². The molecule has 126 valence electrons. The Morgan fingerprint density at radius 1 is 0.875 bits per heavy atom. The van der Waals surface area contributed by atoms with E-state index in [1.165, 1.54) is 18.2 Å². The summed E-state index contributed by atoms with van der Waals surface area (Å²) in [6.07, 6.45) is -5.01. The number of para-hydroxylation sites is 2. The number of anilines is 2. The average molecular weight is 336 g/mol. The molecule has 0 aliphatic carbocycles. The molecule has 24 heavy (non-hydrogen) atoms. The molecule has 0 saturated heterocycles. The summed E-state index contributed by atoms with van der Waals surface area (Å²) >= 11 is 0. The molecule has 0 radical (unpaired) electrons. The van der Waals surface area contributed by atoms with Gasteiger partial charge in [0.1, 0.15) is 0 Å². The molecule has 0 unspecified atom stereocenters. The van der Waals surface area contributed by atoms with Gasteiger partial charge in [0.05, 0.1) is 11.4 Å². The number of rotatable bonds is 3. The smallest absolute Gasteiger partial charge is 0.320 e. The van der Waals surface area contributed by atoms with Crippen molar-refractivity contribution in [2.45, 2.75) is 20.0 Å². The van der Waals surface area contributed by atoms with Crippen LogP contribution in [0.25, 0.3) is 0 Å². The first kappa shape index (κ1) is 17.5. The molecule has 0 heterocycles. The lowest BCUT2D eigenvalue weighted by atomic mass is 10.1. The number of nitrogens with one attached hydrogen (secondary N) is 2. The summed E-state index contributed by atoms with van der Waals surface area (Å²) in [5.74, 6) is -2.58. The molecule has 0 fully saturated rings. The van der Waals surface area contributed by atoms with Crippen LogP contribution in [0, 0.1) is 13.8 Å². The van der Waals surface area contributed by atoms with Gasteiger partial charge in [0, 0.05) is 5.56 Å². The lowest BCUT2D eigenvalue weighted by molar-refractivity contribution is -0.167. The average Bonchev–Trinajstić information content (AvgIpc) is 2.50. The van der Waals surface area contributed by atoms with Crippen molar-refractivity contribution in [1.29, 1.82) is 0 Å². The predicted molar refractivity (Wildman–Crippen MR) is 85.0 cm³/mol. The van der Waals surface area contributed by atoms with Gasteiger partial charge in [-0.15, -0.1) is 0 Å². The fourth-order valence-electron chi connectivity index (χ4n) is 1.97. The Hall–Kier alpha value is -2.83. The summed E-state index contributed by atoms with van der Waals surface area (Å²) in [5.41, 5.74) is 2.26. The van der Waals surface area contributed by atoms with E-state index < -0.39 is 18.0 Å². The van der Waals surface area contributed by atoms with Gasteiger partial charge in [-0.2, -0.15) is 13.2 Å². The summed E-state index contributed by atoms with van der Waals surface area (Å²) in [6.45, 7) is 3.75. The highest BCUT2D eigenvalue weighted by atomic mass is 19.4. The maximum Gasteiger partial charge on any atom is 0.471 e. The summed E-state index contributed by atoms with van der Waals surface area (Å²) in [7, 11) is 0. The summed E-state index contributed by atoms with van der Waals surface area (Å²) < 4.78 is 37.1. The highest BCUT2D eigenvalue weighted by Gasteiger charge is 2.39. The van der Waals surface area contributed by atoms with E-state index in [0.717, 1.165) is 11.1 Å². The third kappa shape index (κ3) is 4.13. The van der Waals surface area contributed by atoms with Crippen molar-refractivity contribution in [2.75, 3.05) is 10.6 Å². The van der Waals surface area contributed by atoms with Crippen LogP contribution in [-0.4, -0.2) is 18.0 Å². The monoisotopic (exact) mass is 336 g/mol. The number of carbonyl (C=O) groups is 2. The molecule has 0 saturated carbocycles. The van der Waals surface area contributed by atoms with Crippen LogP contribution in [0.2, 0.25) is 0 Å². The molecule has 0 bridgehead atoms. The third-order valence-electron chi connectivity index (χ3n) is 3.45. The van der Waals surface area contributed by atoms with Crippen LogP contribution in [0.5, 0.6) is 0 Å². The van der Waals surface area contributed by atoms with Gasteiger partial charge in [0.25, 0.3) is 5.91 Å². The van der Waals surface area contributed by atoms with Crippen LogP contribution < -0.4 is 10.6 Å². The zero-order chi connectivity index (χ0) is 17.9. The second-order valence-electron chi connectivity index (χ2n) is 5.25. The lowest BCUT2D eigenvalue weighted by Gasteiger charge is -2.13. The molecular formula is C17H15F3N2O2. The van der Waals surface area contributed by atoms with Crippen molar-refractivity contribution in [3.8, 4) is 0 Å². The van der Waals surface area contributed by atoms with Gasteiger partial charge in [-0.05, 0) is 49.2 Å². The molecular weight excluding hydrogens is 321 g/mol. The van der Waals surface area contributed by atoms with Gasteiger partial charge >= 0.3 is 12.1 Å². The summed E-state index contributed by atoms with van der Waals surface area (Å²) in [6, 6.07) is 10.8. The van der Waals surface area contributed by atoms with Crippen molar-refractivity contribution in [3.05, 3.63) is 59.2 Å². The van der Waals surface area contributed by atoms with Crippen LogP contribution >= 0.6 is 0 Å². The minimum absolute atomic E-state index is 0.0818. The van der Waals surface area contributed by atoms with Crippen LogP contribution in [0.1, 0.15) is 21.5 Å². The molecule has 2 rings (SSSR count). The Labute approximate surface area is 136 Å². The number of alkyl halides is 3. The van der Waals surface area contributed by atoms with Gasteiger partial charge in [0.15, 0.2) is 0 Å². The maximum atomic E-state index is 12.4. The van der Waals surface area contributed by atoms with Crippen LogP contribution in [0.4, 0.5) is 24.5 Å². The van der Waals surface area contributed by atoms with Gasteiger partial charge in [0.2, 0.25) is 0 Å². The fraction of sp³-hybridized carbons (Fsp3) is 0.176. The van der Waals surface area contributed by atoms with Crippen molar-refractivity contribution in [1.82, 2.24) is 0 Å². The Balaban J connectivity index is 2.22. The summed E-state index contributed by atoms with van der Waals surface area (Å²) in [5, 5.41) is 4.26. The first-order chi connectivity index (χ1) is 11.2. The molecule has 4 nitrogen and oxygen atoms in total. The fourth-order valence-corrected chi connectivity index (χ4v) is 1.97. The number of carbonyl (C=O) groups excluding carboxylic acids is 2. The Morgan fingerprint density at radius 2 is 1.46 bits per heavy atom. The minimum atomic E-state index is -5.01. The number of hydrogen-bond acceptors (Lipinski definition) is 2. The third-order valence-corrected chi connectivity index (χ3v) is 3.45. The van der Waals surface area contributed by atoms with Gasteiger partial charge < -0.3 is 10.6 Å². The van der Waals surface area contributed by atoms with Crippen molar-refractivity contribution in [3.63, 3.8) is 0 Å². The van der Waals surface area contributed by atoms with E-state index in [0.29, 0.717) is 5.56 Å². The molecule has 0 spiro atoms. The Morgan fingerprint density at radius 3 is 2.00 bits per heavy atom. The minimum Gasteiger partial charge on any atom is -0.320 e. The number of hydrogen-bond donors (Lipinski definition) is 2. The molecule has 0 aliphatic heterocycles. The van der Waals surface area contributed by atoms with E-state index >= 15 is 0 Å². The normalized spacial score (nSPS) is 11.0. The lowest BCUT2D eigenvalue weighted by Crippen LogP contribution is -2.30. The van der Waals surface area contributed by atoms with Gasteiger partial charge in [-0.1, -0.05) is 18.2 Å². The number of benzene rings is 2. The topological polar surface area (TPSA) is 58.2 Å². The molecule has 0 aromatic heterocycles. The quantitative estimate of drug-likeness (QED) is 0.888. The number of aryl methyl sites for hydroxylation is 2. The Bertz CT molecular complexity index is 786.